The van der Waals surface area contributed by atoms with E-state index in [2.05, 4.69) is 34.6 Å². The minimum Gasteiger partial charge on any atom is -0.477 e. The number of carboxylic acid groups (broad SMARTS) is 1. The van der Waals surface area contributed by atoms with Crippen LogP contribution in [0, 0.1) is 0 Å². The predicted octanol–water partition coefficient (Wildman–Crippen LogP) is 20.0. The second kappa shape index (κ2) is 53.7. The van der Waals surface area contributed by atoms with Crippen LogP contribution in [-0.4, -0.2) is 63.6 Å². The second-order valence-electron chi connectivity index (χ2n) is 21.9. The van der Waals surface area contributed by atoms with Crippen molar-refractivity contribution in [2.45, 2.75) is 337 Å². The van der Waals surface area contributed by atoms with Gasteiger partial charge in [-0.2, -0.15) is 0 Å². The molecule has 1 aromatic rings. The lowest BCUT2D eigenvalue weighted by Crippen LogP contribution is -2.32. The van der Waals surface area contributed by atoms with Gasteiger partial charge < -0.3 is 28.8 Å². The van der Waals surface area contributed by atoms with Crippen LogP contribution in [0.3, 0.4) is 0 Å². The van der Waals surface area contributed by atoms with Crippen LogP contribution < -0.4 is 4.74 Å². The van der Waals surface area contributed by atoms with Gasteiger partial charge in [0.2, 0.25) is 0 Å². The Balaban J connectivity index is 3.89. The van der Waals surface area contributed by atoms with Gasteiger partial charge in [0.1, 0.15) is 5.75 Å². The minimum absolute atomic E-state index is 0.142. The number of carbonyl (C=O) groups is 1. The van der Waals surface area contributed by atoms with Crippen LogP contribution in [0.1, 0.15) is 326 Å². The molecule has 0 aliphatic heterocycles. The van der Waals surface area contributed by atoms with Gasteiger partial charge in [-0.15, -0.1) is 0 Å². The lowest BCUT2D eigenvalue weighted by molar-refractivity contribution is -0.173. The van der Waals surface area contributed by atoms with Crippen LogP contribution in [0.25, 0.3) is 0 Å². The topological polar surface area (TPSA) is 83.5 Å². The summed E-state index contributed by atoms with van der Waals surface area (Å²) in [7, 11) is 0. The monoisotopic (exact) mass is 1030 g/mol. The number of unbranched alkanes of at least 4 members (excludes halogenated alkanes) is 35. The van der Waals surface area contributed by atoms with Crippen LogP contribution in [-0.2, 0) is 55.8 Å². The molecule has 1 atom stereocenters. The number of benzene rings is 1. The van der Waals surface area contributed by atoms with Crippen molar-refractivity contribution in [3.63, 3.8) is 0 Å². The standard InChI is InChI=1S/C66H124O7/c1-7-13-18-23-28-33-38-43-48-59-60(49-44-39-34-29-24-19-14-8-2)62(51-46-41-36-31-26-21-16-10-4)64(73-66(65(67)68)72-58-57-71-56-55-70-54-53-69-12-6)63(52-47-42-37-32-27-22-17-11-5)61(59)50-45-40-35-30-25-20-15-9-3/h66H,7-58H2,1-6H3,(H,67,68). The average Bonchev–Trinajstić information content (AvgIpc) is 3.39. The number of aliphatic carboxylic acids is 1. The van der Waals surface area contributed by atoms with Crippen molar-refractivity contribution in [2.24, 2.45) is 0 Å². The first-order chi connectivity index (χ1) is 36.0. The maximum Gasteiger partial charge on any atom is 0.373 e. The molecule has 1 N–H and O–H groups in total. The van der Waals surface area contributed by atoms with E-state index in [1.165, 1.54) is 266 Å². The highest BCUT2D eigenvalue weighted by Crippen LogP contribution is 2.41. The molecule has 1 aromatic carbocycles. The number of hydrogen-bond donors (Lipinski definition) is 1. The quantitative estimate of drug-likeness (QED) is 0.0514. The summed E-state index contributed by atoms with van der Waals surface area (Å²) in [6.07, 6.45) is 55.4. The Morgan fingerprint density at radius 2 is 0.548 bits per heavy atom. The van der Waals surface area contributed by atoms with Crippen molar-refractivity contribution < 1.29 is 33.6 Å². The molecule has 0 amide bonds. The van der Waals surface area contributed by atoms with Crippen LogP contribution in [0.2, 0.25) is 0 Å². The van der Waals surface area contributed by atoms with Crippen LogP contribution in [0.4, 0.5) is 0 Å². The first-order valence-electron chi connectivity index (χ1n) is 32.4. The van der Waals surface area contributed by atoms with Crippen molar-refractivity contribution in [3.8, 4) is 5.75 Å². The normalized spacial score (nSPS) is 12.1. The highest BCUT2D eigenvalue weighted by atomic mass is 16.7. The van der Waals surface area contributed by atoms with Crippen molar-refractivity contribution in [3.05, 3.63) is 27.8 Å². The van der Waals surface area contributed by atoms with Crippen LogP contribution in [0.15, 0.2) is 0 Å². The summed E-state index contributed by atoms with van der Waals surface area (Å²) in [4.78, 5) is 13.3. The summed E-state index contributed by atoms with van der Waals surface area (Å²) in [6, 6.07) is 0. The number of ether oxygens (including phenoxy) is 5. The molecule has 0 aromatic heterocycles. The summed E-state index contributed by atoms with van der Waals surface area (Å²) < 4.78 is 30.1. The molecule has 7 heteroatoms. The van der Waals surface area contributed by atoms with Crippen LogP contribution >= 0.6 is 0 Å². The zero-order valence-electron chi connectivity index (χ0n) is 49.7. The molecule has 0 bridgehead atoms. The smallest absolute Gasteiger partial charge is 0.373 e. The maximum absolute atomic E-state index is 13.3. The van der Waals surface area contributed by atoms with Gasteiger partial charge in [-0.25, -0.2) is 4.79 Å². The summed E-state index contributed by atoms with van der Waals surface area (Å²) in [5, 5.41) is 10.9. The van der Waals surface area contributed by atoms with E-state index >= 15 is 0 Å². The second-order valence-corrected chi connectivity index (χ2v) is 21.9. The first kappa shape index (κ1) is 69.3. The summed E-state index contributed by atoms with van der Waals surface area (Å²) in [5.74, 6) is -0.182. The van der Waals surface area contributed by atoms with Crippen molar-refractivity contribution in [1.82, 2.24) is 0 Å². The molecule has 73 heavy (non-hydrogen) atoms. The molecule has 0 saturated heterocycles. The lowest BCUT2D eigenvalue weighted by atomic mass is 9.80. The molecule has 430 valence electrons. The lowest BCUT2D eigenvalue weighted by Gasteiger charge is -2.29. The van der Waals surface area contributed by atoms with Gasteiger partial charge in [0.25, 0.3) is 6.29 Å². The SMILES string of the molecule is CCCCCCCCCCc1c(CCCCCCCCCC)c(CCCCCCCCCC)c(OC(OCCOCCOCCOCC)C(=O)O)c(CCCCCCCCCC)c1CCCCCCCCCC. The molecular weight excluding hydrogens is 905 g/mol. The van der Waals surface area contributed by atoms with E-state index < -0.39 is 12.3 Å². The highest BCUT2D eigenvalue weighted by Gasteiger charge is 2.29. The minimum atomic E-state index is -1.40. The largest absolute Gasteiger partial charge is 0.477 e. The Kier molecular flexibility index (Phi) is 51.0. The van der Waals surface area contributed by atoms with Crippen LogP contribution in [0.5, 0.6) is 5.75 Å². The fourth-order valence-corrected chi connectivity index (χ4v) is 10.8. The maximum atomic E-state index is 13.3. The Morgan fingerprint density at radius 1 is 0.315 bits per heavy atom. The fraction of sp³-hybridized carbons (Fsp3) is 0.894. The zero-order valence-corrected chi connectivity index (χ0v) is 49.7. The summed E-state index contributed by atoms with van der Waals surface area (Å²) in [5.41, 5.74) is 7.34. The third-order valence-electron chi connectivity index (χ3n) is 15.3. The molecule has 0 saturated carbocycles. The molecule has 0 spiro atoms. The first-order valence-corrected chi connectivity index (χ1v) is 32.4. The van der Waals surface area contributed by atoms with Gasteiger partial charge in [-0.3, -0.25) is 0 Å². The molecule has 0 fully saturated rings. The van der Waals surface area contributed by atoms with Crippen molar-refractivity contribution in [2.75, 3.05) is 46.2 Å². The molecule has 0 heterocycles. The van der Waals surface area contributed by atoms with E-state index in [0.29, 0.717) is 33.0 Å². The molecule has 0 aliphatic carbocycles. The fourth-order valence-electron chi connectivity index (χ4n) is 10.8. The van der Waals surface area contributed by atoms with Crippen molar-refractivity contribution >= 4 is 5.97 Å². The van der Waals surface area contributed by atoms with E-state index in [-0.39, 0.29) is 13.2 Å². The zero-order chi connectivity index (χ0) is 52.9. The summed E-state index contributed by atoms with van der Waals surface area (Å²) >= 11 is 0. The van der Waals surface area contributed by atoms with Gasteiger partial charge in [-0.1, -0.05) is 259 Å². The number of carboxylic acids is 1. The van der Waals surface area contributed by atoms with E-state index in [1.807, 2.05) is 6.92 Å². The third-order valence-corrected chi connectivity index (χ3v) is 15.3. The van der Waals surface area contributed by atoms with E-state index in [1.54, 1.807) is 5.56 Å². The average molecular weight is 1030 g/mol. The van der Waals surface area contributed by atoms with Crippen molar-refractivity contribution in [1.29, 1.82) is 0 Å². The van der Waals surface area contributed by atoms with Gasteiger partial charge in [-0.05, 0) is 98.9 Å². The van der Waals surface area contributed by atoms with E-state index in [0.717, 1.165) is 50.7 Å². The molecular formula is C66H124O7. The van der Waals surface area contributed by atoms with Gasteiger partial charge >= 0.3 is 5.97 Å². The summed E-state index contributed by atoms with van der Waals surface area (Å²) in [6.45, 7) is 16.6. The Labute approximate surface area is 454 Å². The predicted molar refractivity (Wildman–Crippen MR) is 314 cm³/mol. The van der Waals surface area contributed by atoms with Gasteiger partial charge in [0.05, 0.1) is 39.6 Å². The molecule has 0 aliphatic rings. The van der Waals surface area contributed by atoms with Gasteiger partial charge in [0, 0.05) is 6.61 Å². The molecule has 1 unspecified atom stereocenters. The third kappa shape index (κ3) is 38.5. The number of hydrogen-bond acceptors (Lipinski definition) is 6. The Bertz CT molecular complexity index is 1270. The molecule has 7 nitrogen and oxygen atoms in total. The van der Waals surface area contributed by atoms with E-state index in [4.69, 9.17) is 23.7 Å². The molecule has 1 rings (SSSR count). The highest BCUT2D eigenvalue weighted by molar-refractivity contribution is 5.71. The van der Waals surface area contributed by atoms with E-state index in [9.17, 15) is 9.90 Å². The Morgan fingerprint density at radius 3 is 0.822 bits per heavy atom. The molecule has 0 radical (unpaired) electrons. The Hall–Kier alpha value is -1.67. The van der Waals surface area contributed by atoms with Gasteiger partial charge in [0.15, 0.2) is 0 Å². The number of rotatable bonds is 59.